The van der Waals surface area contributed by atoms with Crippen molar-refractivity contribution in [3.63, 3.8) is 0 Å². The molecule has 0 aliphatic carbocycles. The molecule has 0 saturated carbocycles. The number of benzene rings is 1. The Morgan fingerprint density at radius 2 is 1.90 bits per heavy atom. The molecule has 1 aliphatic heterocycles. The van der Waals surface area contributed by atoms with Crippen molar-refractivity contribution >= 4 is 10.0 Å². The summed E-state index contributed by atoms with van der Waals surface area (Å²) < 4.78 is 74.6. The number of aromatic nitrogens is 3. The van der Waals surface area contributed by atoms with Crippen LogP contribution >= 0.6 is 0 Å². The highest BCUT2D eigenvalue weighted by Crippen LogP contribution is 2.30. The van der Waals surface area contributed by atoms with Crippen molar-refractivity contribution in [2.75, 3.05) is 13.1 Å². The molecule has 164 valence electrons. The second-order valence-electron chi connectivity index (χ2n) is 7.01. The van der Waals surface area contributed by atoms with Gasteiger partial charge in [0.2, 0.25) is 21.7 Å². The van der Waals surface area contributed by atoms with Crippen molar-refractivity contribution in [3.8, 4) is 17.3 Å². The third-order valence-electron chi connectivity index (χ3n) is 4.72. The van der Waals surface area contributed by atoms with E-state index < -0.39 is 28.2 Å². The van der Waals surface area contributed by atoms with Gasteiger partial charge in [-0.3, -0.25) is 0 Å². The molecule has 3 aromatic rings. The van der Waals surface area contributed by atoms with Crippen LogP contribution < -0.4 is 4.74 Å². The molecule has 0 N–H and O–H groups in total. The molecular weight excluding hydrogens is 437 g/mol. The molecule has 1 atom stereocenters. The third-order valence-corrected chi connectivity index (χ3v) is 6.60. The number of rotatable bonds is 5. The fraction of sp³-hybridized carbons (Fsp3) is 0.316. The Morgan fingerprint density at radius 1 is 1.16 bits per heavy atom. The lowest BCUT2D eigenvalue weighted by atomic mass is 10.2. The van der Waals surface area contributed by atoms with Gasteiger partial charge in [-0.25, -0.2) is 13.4 Å². The first-order valence-corrected chi connectivity index (χ1v) is 10.7. The van der Waals surface area contributed by atoms with E-state index in [0.717, 1.165) is 5.56 Å². The van der Waals surface area contributed by atoms with Crippen LogP contribution in [0, 0.1) is 6.92 Å². The number of nitrogens with zero attached hydrogens (tertiary/aromatic N) is 4. The summed E-state index contributed by atoms with van der Waals surface area (Å²) in [6.45, 7) is 2.35. The molecule has 1 fully saturated rings. The van der Waals surface area contributed by atoms with E-state index in [1.165, 1.54) is 22.6 Å². The number of aryl methyl sites for hydroxylation is 1. The Bertz CT molecular complexity index is 1160. The second-order valence-corrected chi connectivity index (χ2v) is 8.95. The normalized spacial score (nSPS) is 17.7. The van der Waals surface area contributed by atoms with Crippen LogP contribution in [0.25, 0.3) is 11.4 Å². The van der Waals surface area contributed by atoms with Crippen LogP contribution in [0.3, 0.4) is 0 Å². The lowest BCUT2D eigenvalue weighted by molar-refractivity contribution is -0.159. The molecule has 31 heavy (non-hydrogen) atoms. The first-order valence-electron chi connectivity index (χ1n) is 9.24. The Hall–Kier alpha value is -2.99. The highest BCUT2D eigenvalue weighted by molar-refractivity contribution is 7.89. The SMILES string of the molecule is Cc1ccc(S(=O)(=O)N2CCC(Oc3ccc(-c4noc(C(F)(F)F)n4)cn3)C2)cc1. The summed E-state index contributed by atoms with van der Waals surface area (Å²) in [4.78, 5) is 7.57. The molecule has 1 saturated heterocycles. The first-order chi connectivity index (χ1) is 14.6. The Labute approximate surface area is 175 Å². The van der Waals surface area contributed by atoms with Crippen LogP contribution in [-0.4, -0.2) is 47.0 Å². The van der Waals surface area contributed by atoms with Crippen molar-refractivity contribution < 1.29 is 30.8 Å². The number of halogens is 3. The largest absolute Gasteiger partial charge is 0.473 e. The van der Waals surface area contributed by atoms with Crippen LogP contribution in [0.1, 0.15) is 17.9 Å². The molecule has 8 nitrogen and oxygen atoms in total. The van der Waals surface area contributed by atoms with E-state index in [0.29, 0.717) is 13.0 Å². The molecule has 0 radical (unpaired) electrons. The van der Waals surface area contributed by atoms with Gasteiger partial charge in [-0.15, -0.1) is 0 Å². The maximum atomic E-state index is 12.8. The summed E-state index contributed by atoms with van der Waals surface area (Å²) in [5, 5.41) is 3.30. The van der Waals surface area contributed by atoms with Crippen LogP contribution in [0.5, 0.6) is 5.88 Å². The quantitative estimate of drug-likeness (QED) is 0.583. The standard InChI is InChI=1S/C19H17F3N4O4S/c1-12-2-5-15(6-3-12)31(27,28)26-9-8-14(11-26)29-16-7-4-13(10-23-16)17-24-18(30-25-17)19(20,21)22/h2-7,10,14H,8-9,11H2,1H3. The van der Waals surface area contributed by atoms with Crippen LogP contribution in [-0.2, 0) is 16.2 Å². The summed E-state index contributed by atoms with van der Waals surface area (Å²) in [5.74, 6) is -1.48. The summed E-state index contributed by atoms with van der Waals surface area (Å²) in [6.07, 6.45) is -3.39. The molecule has 0 bridgehead atoms. The number of ether oxygens (including phenoxy) is 1. The van der Waals surface area contributed by atoms with E-state index >= 15 is 0 Å². The van der Waals surface area contributed by atoms with Gasteiger partial charge in [-0.2, -0.15) is 22.5 Å². The summed E-state index contributed by atoms with van der Waals surface area (Å²) in [5.41, 5.74) is 1.19. The van der Waals surface area contributed by atoms with E-state index in [9.17, 15) is 21.6 Å². The number of pyridine rings is 1. The molecule has 0 spiro atoms. The number of alkyl halides is 3. The summed E-state index contributed by atoms with van der Waals surface area (Å²) in [7, 11) is -3.62. The third kappa shape index (κ3) is 4.54. The Morgan fingerprint density at radius 3 is 2.52 bits per heavy atom. The van der Waals surface area contributed by atoms with Crippen LogP contribution in [0.15, 0.2) is 52.0 Å². The smallest absolute Gasteiger partial charge is 0.471 e. The van der Waals surface area contributed by atoms with Gasteiger partial charge in [0, 0.05) is 24.4 Å². The number of hydrogen-bond donors (Lipinski definition) is 0. The maximum absolute atomic E-state index is 12.8. The minimum atomic E-state index is -4.73. The van der Waals surface area contributed by atoms with Gasteiger partial charge in [0.1, 0.15) is 6.10 Å². The Kier molecular flexibility index (Phi) is 5.43. The van der Waals surface area contributed by atoms with E-state index in [2.05, 4.69) is 19.6 Å². The maximum Gasteiger partial charge on any atom is 0.471 e. The van der Waals surface area contributed by atoms with E-state index in [4.69, 9.17) is 4.74 Å². The molecule has 1 aromatic carbocycles. The number of hydrogen-bond acceptors (Lipinski definition) is 7. The van der Waals surface area contributed by atoms with Gasteiger partial charge in [0.15, 0.2) is 0 Å². The molecular formula is C19H17F3N4O4S. The highest BCUT2D eigenvalue weighted by Gasteiger charge is 2.38. The molecule has 4 rings (SSSR count). The lowest BCUT2D eigenvalue weighted by Gasteiger charge is -2.17. The lowest BCUT2D eigenvalue weighted by Crippen LogP contribution is -2.31. The van der Waals surface area contributed by atoms with Gasteiger partial charge in [0.05, 0.1) is 11.4 Å². The predicted octanol–water partition coefficient (Wildman–Crippen LogP) is 3.30. The van der Waals surface area contributed by atoms with Crippen LogP contribution in [0.2, 0.25) is 0 Å². The highest BCUT2D eigenvalue weighted by atomic mass is 32.2. The van der Waals surface area contributed by atoms with Crippen molar-refractivity contribution in [2.45, 2.75) is 30.5 Å². The molecule has 12 heteroatoms. The summed E-state index contributed by atoms with van der Waals surface area (Å²) >= 11 is 0. The number of sulfonamides is 1. The first kappa shape index (κ1) is 21.2. The minimum Gasteiger partial charge on any atom is -0.473 e. The van der Waals surface area contributed by atoms with Crippen molar-refractivity contribution in [1.29, 1.82) is 0 Å². The fourth-order valence-electron chi connectivity index (χ4n) is 3.08. The zero-order chi connectivity index (χ0) is 22.2. The van der Waals surface area contributed by atoms with E-state index in [1.807, 2.05) is 6.92 Å². The molecule has 2 aromatic heterocycles. The van der Waals surface area contributed by atoms with Crippen molar-refractivity contribution in [1.82, 2.24) is 19.4 Å². The van der Waals surface area contributed by atoms with E-state index in [1.54, 1.807) is 24.3 Å². The molecule has 3 heterocycles. The minimum absolute atomic E-state index is 0.166. The predicted molar refractivity (Wildman–Crippen MR) is 102 cm³/mol. The molecule has 0 amide bonds. The molecule has 1 unspecified atom stereocenters. The topological polar surface area (TPSA) is 98.4 Å². The van der Waals surface area contributed by atoms with Crippen molar-refractivity contribution in [2.24, 2.45) is 0 Å². The fourth-order valence-corrected chi connectivity index (χ4v) is 4.57. The monoisotopic (exact) mass is 454 g/mol. The molecule has 1 aliphatic rings. The second kappa shape index (κ2) is 7.93. The zero-order valence-electron chi connectivity index (χ0n) is 16.2. The average molecular weight is 454 g/mol. The van der Waals surface area contributed by atoms with E-state index in [-0.39, 0.29) is 28.7 Å². The van der Waals surface area contributed by atoms with Crippen molar-refractivity contribution in [3.05, 3.63) is 54.0 Å². The Balaban J connectivity index is 1.40. The van der Waals surface area contributed by atoms with Gasteiger partial charge in [-0.05, 0) is 31.5 Å². The van der Waals surface area contributed by atoms with Crippen LogP contribution in [0.4, 0.5) is 13.2 Å². The van der Waals surface area contributed by atoms with Gasteiger partial charge >= 0.3 is 12.1 Å². The van der Waals surface area contributed by atoms with Gasteiger partial charge in [0.25, 0.3) is 0 Å². The van der Waals surface area contributed by atoms with Gasteiger partial charge in [-0.1, -0.05) is 22.9 Å². The summed E-state index contributed by atoms with van der Waals surface area (Å²) in [6, 6.07) is 9.52. The zero-order valence-corrected chi connectivity index (χ0v) is 17.0. The average Bonchev–Trinajstić information content (AvgIpc) is 3.39. The van der Waals surface area contributed by atoms with Gasteiger partial charge < -0.3 is 9.26 Å².